The molecule has 88 valence electrons. The van der Waals surface area contributed by atoms with Crippen LogP contribution in [0.3, 0.4) is 0 Å². The molecule has 0 atom stereocenters. The number of carbonyl (C=O) groups is 1. The third kappa shape index (κ3) is 2.36. The maximum Gasteiger partial charge on any atom is 0.336 e. The first kappa shape index (κ1) is 11.4. The maximum absolute atomic E-state index is 11.2. The minimum absolute atomic E-state index is 0.318. The molecule has 4 nitrogen and oxygen atoms in total. The van der Waals surface area contributed by atoms with Gasteiger partial charge in [-0.25, -0.2) is 4.79 Å². The van der Waals surface area contributed by atoms with Crippen LogP contribution < -0.4 is 10.4 Å². The first-order valence-electron chi connectivity index (χ1n) is 5.40. The van der Waals surface area contributed by atoms with E-state index in [0.29, 0.717) is 35.2 Å². The van der Waals surface area contributed by atoms with E-state index in [1.54, 1.807) is 18.2 Å². The summed E-state index contributed by atoms with van der Waals surface area (Å²) >= 11 is 0. The molecule has 1 aromatic carbocycles. The molecular weight excluding hydrogens is 220 g/mol. The van der Waals surface area contributed by atoms with Gasteiger partial charge >= 0.3 is 5.63 Å². The maximum atomic E-state index is 11.2. The van der Waals surface area contributed by atoms with E-state index < -0.39 is 5.63 Å². The van der Waals surface area contributed by atoms with Crippen molar-refractivity contribution in [2.75, 3.05) is 6.61 Å². The predicted octanol–water partition coefficient (Wildman–Crippen LogP) is 2.39. The Morgan fingerprint density at radius 2 is 2.18 bits per heavy atom. The molecule has 0 unspecified atom stereocenters. The van der Waals surface area contributed by atoms with Gasteiger partial charge in [-0.1, -0.05) is 6.92 Å². The zero-order valence-electron chi connectivity index (χ0n) is 9.43. The summed E-state index contributed by atoms with van der Waals surface area (Å²) in [5.74, 6) is 0.663. The monoisotopic (exact) mass is 232 g/mol. The predicted molar refractivity (Wildman–Crippen MR) is 63.7 cm³/mol. The molecule has 0 bridgehead atoms. The van der Waals surface area contributed by atoms with Crippen LogP contribution in [-0.4, -0.2) is 12.9 Å². The highest BCUT2D eigenvalue weighted by molar-refractivity contribution is 5.95. The highest BCUT2D eigenvalue weighted by Gasteiger charge is 2.06. The van der Waals surface area contributed by atoms with Crippen molar-refractivity contribution >= 4 is 17.3 Å². The van der Waals surface area contributed by atoms with Crippen molar-refractivity contribution in [1.29, 1.82) is 0 Å². The fourth-order valence-corrected chi connectivity index (χ4v) is 1.57. The lowest BCUT2D eigenvalue weighted by Gasteiger charge is -2.05. The lowest BCUT2D eigenvalue weighted by Crippen LogP contribution is -2.00. The molecule has 1 heterocycles. The van der Waals surface area contributed by atoms with E-state index in [0.717, 1.165) is 6.42 Å². The van der Waals surface area contributed by atoms with Crippen molar-refractivity contribution in [3.8, 4) is 5.75 Å². The second kappa shape index (κ2) is 4.82. The first-order valence-corrected chi connectivity index (χ1v) is 5.40. The van der Waals surface area contributed by atoms with Crippen molar-refractivity contribution in [3.05, 3.63) is 40.2 Å². The van der Waals surface area contributed by atoms with Gasteiger partial charge in [0.05, 0.1) is 6.61 Å². The summed E-state index contributed by atoms with van der Waals surface area (Å²) in [5, 5.41) is 0.591. The average molecular weight is 232 g/mol. The molecular formula is C13H12O4. The fraction of sp³-hybridized carbons (Fsp3) is 0.231. The molecule has 0 aliphatic carbocycles. The summed E-state index contributed by atoms with van der Waals surface area (Å²) < 4.78 is 10.5. The first-order chi connectivity index (χ1) is 8.24. The smallest absolute Gasteiger partial charge is 0.336 e. The highest BCUT2D eigenvalue weighted by Crippen LogP contribution is 2.22. The quantitative estimate of drug-likeness (QED) is 0.600. The van der Waals surface area contributed by atoms with E-state index in [4.69, 9.17) is 9.15 Å². The SMILES string of the molecule is CCCOc1ccc2oc(=O)cc(C=O)c2c1. The van der Waals surface area contributed by atoms with E-state index in [1.165, 1.54) is 6.07 Å². The second-order valence-electron chi connectivity index (χ2n) is 3.65. The van der Waals surface area contributed by atoms with Gasteiger partial charge in [-0.3, -0.25) is 4.79 Å². The van der Waals surface area contributed by atoms with Crippen LogP contribution in [0.5, 0.6) is 5.75 Å². The number of benzene rings is 1. The Hall–Kier alpha value is -2.10. The highest BCUT2D eigenvalue weighted by atomic mass is 16.5. The lowest BCUT2D eigenvalue weighted by atomic mass is 10.1. The van der Waals surface area contributed by atoms with Crippen LogP contribution in [0.25, 0.3) is 11.0 Å². The Morgan fingerprint density at radius 1 is 1.35 bits per heavy atom. The van der Waals surface area contributed by atoms with E-state index in [9.17, 15) is 9.59 Å². The second-order valence-corrected chi connectivity index (χ2v) is 3.65. The van der Waals surface area contributed by atoms with Crippen molar-refractivity contribution in [2.45, 2.75) is 13.3 Å². The van der Waals surface area contributed by atoms with Gasteiger partial charge in [-0.15, -0.1) is 0 Å². The summed E-state index contributed by atoms with van der Waals surface area (Å²) in [5.41, 5.74) is 0.184. The number of aldehydes is 1. The van der Waals surface area contributed by atoms with E-state index in [1.807, 2.05) is 6.92 Å². The van der Waals surface area contributed by atoms with Crippen LogP contribution in [-0.2, 0) is 0 Å². The number of fused-ring (bicyclic) bond motifs is 1. The molecule has 0 fully saturated rings. The van der Waals surface area contributed by atoms with E-state index in [2.05, 4.69) is 0 Å². The fourth-order valence-electron chi connectivity index (χ4n) is 1.57. The van der Waals surface area contributed by atoms with Gasteiger partial charge < -0.3 is 9.15 Å². The van der Waals surface area contributed by atoms with Gasteiger partial charge in [-0.05, 0) is 24.6 Å². The van der Waals surface area contributed by atoms with Crippen LogP contribution in [0.1, 0.15) is 23.7 Å². The Balaban J connectivity index is 2.55. The van der Waals surface area contributed by atoms with Crippen molar-refractivity contribution in [2.24, 2.45) is 0 Å². The molecule has 17 heavy (non-hydrogen) atoms. The summed E-state index contributed by atoms with van der Waals surface area (Å²) in [4.78, 5) is 22.0. The van der Waals surface area contributed by atoms with Gasteiger partial charge in [0.15, 0.2) is 6.29 Å². The topological polar surface area (TPSA) is 56.5 Å². The van der Waals surface area contributed by atoms with Gasteiger partial charge in [0.25, 0.3) is 0 Å². The Labute approximate surface area is 97.8 Å². The van der Waals surface area contributed by atoms with Gasteiger partial charge in [0.2, 0.25) is 0 Å². The van der Waals surface area contributed by atoms with E-state index >= 15 is 0 Å². The molecule has 0 aliphatic heterocycles. The third-order valence-corrected chi connectivity index (χ3v) is 2.35. The zero-order chi connectivity index (χ0) is 12.3. The third-order valence-electron chi connectivity index (χ3n) is 2.35. The van der Waals surface area contributed by atoms with Crippen LogP contribution >= 0.6 is 0 Å². The van der Waals surface area contributed by atoms with Crippen molar-refractivity contribution in [1.82, 2.24) is 0 Å². The summed E-state index contributed by atoms with van der Waals surface area (Å²) in [7, 11) is 0. The molecule has 4 heteroatoms. The molecule has 2 aromatic rings. The van der Waals surface area contributed by atoms with Crippen molar-refractivity contribution < 1.29 is 13.9 Å². The van der Waals surface area contributed by atoms with Gasteiger partial charge in [0.1, 0.15) is 11.3 Å². The number of rotatable bonds is 4. The largest absolute Gasteiger partial charge is 0.494 e. The summed E-state index contributed by atoms with van der Waals surface area (Å²) in [6, 6.07) is 6.24. The van der Waals surface area contributed by atoms with E-state index in [-0.39, 0.29) is 0 Å². The zero-order valence-corrected chi connectivity index (χ0v) is 9.43. The number of ether oxygens (including phenoxy) is 1. The van der Waals surface area contributed by atoms with Crippen LogP contribution in [0.15, 0.2) is 33.5 Å². The molecule has 0 aliphatic rings. The van der Waals surface area contributed by atoms with Crippen LogP contribution in [0, 0.1) is 0 Å². The van der Waals surface area contributed by atoms with Crippen molar-refractivity contribution in [3.63, 3.8) is 0 Å². The average Bonchev–Trinajstić information content (AvgIpc) is 2.35. The van der Waals surface area contributed by atoms with Crippen LogP contribution in [0.4, 0.5) is 0 Å². The molecule has 0 N–H and O–H groups in total. The number of hydrogen-bond acceptors (Lipinski definition) is 4. The summed E-state index contributed by atoms with van der Waals surface area (Å²) in [6.07, 6.45) is 1.55. The molecule has 0 saturated carbocycles. The molecule has 0 spiro atoms. The lowest BCUT2D eigenvalue weighted by molar-refractivity contribution is 0.112. The van der Waals surface area contributed by atoms with Gasteiger partial charge in [0, 0.05) is 17.0 Å². The number of hydrogen-bond donors (Lipinski definition) is 0. The molecule has 1 aromatic heterocycles. The number of carbonyl (C=O) groups excluding carboxylic acids is 1. The normalized spacial score (nSPS) is 10.4. The standard InChI is InChI=1S/C13H12O4/c1-2-5-16-10-3-4-12-11(7-10)9(8-14)6-13(15)17-12/h3-4,6-8H,2,5H2,1H3. The minimum Gasteiger partial charge on any atom is -0.494 e. The van der Waals surface area contributed by atoms with Gasteiger partial charge in [-0.2, -0.15) is 0 Å². The molecule has 0 saturated heterocycles. The Morgan fingerprint density at radius 3 is 2.88 bits per heavy atom. The Kier molecular flexibility index (Phi) is 3.23. The minimum atomic E-state index is -0.526. The summed E-state index contributed by atoms with van der Waals surface area (Å²) in [6.45, 7) is 2.62. The molecule has 0 amide bonds. The molecule has 0 radical (unpaired) electrons. The Bertz CT molecular complexity index is 598. The molecule has 2 rings (SSSR count). The van der Waals surface area contributed by atoms with Crippen LogP contribution in [0.2, 0.25) is 0 Å².